The minimum absolute atomic E-state index is 0.497. The molecule has 1 aliphatic rings. The molecule has 0 aliphatic heterocycles. The van der Waals surface area contributed by atoms with Crippen LogP contribution < -0.4 is 0 Å². The summed E-state index contributed by atoms with van der Waals surface area (Å²) in [6.45, 7) is 0. The average Bonchev–Trinajstić information content (AvgIpc) is 2.74. The fourth-order valence-corrected chi connectivity index (χ4v) is 2.92. The molecule has 1 aromatic heterocycles. The molecule has 0 radical (unpaired) electrons. The molecule has 2 aromatic rings. The number of halogens is 1. The minimum Gasteiger partial charge on any atom is -0.424 e. The van der Waals surface area contributed by atoms with E-state index in [2.05, 4.69) is 10.2 Å². The molecule has 1 aliphatic carbocycles. The van der Waals surface area contributed by atoms with Crippen LogP contribution in [0.25, 0.3) is 0 Å². The summed E-state index contributed by atoms with van der Waals surface area (Å²) >= 11 is 7.71. The SMILES string of the molecule is Clc1ccccc1SCc1nnc(C2CCC2)o1. The van der Waals surface area contributed by atoms with Crippen LogP contribution in [0.5, 0.6) is 0 Å². The molecule has 1 fully saturated rings. The fourth-order valence-electron chi connectivity index (χ4n) is 1.85. The number of nitrogens with zero attached hydrogens (tertiary/aromatic N) is 2. The molecule has 0 bridgehead atoms. The normalized spacial score (nSPS) is 15.6. The van der Waals surface area contributed by atoms with E-state index in [1.807, 2.05) is 24.3 Å². The number of thioether (sulfide) groups is 1. The van der Waals surface area contributed by atoms with Gasteiger partial charge in [-0.2, -0.15) is 0 Å². The highest BCUT2D eigenvalue weighted by Crippen LogP contribution is 2.36. The molecule has 1 heterocycles. The van der Waals surface area contributed by atoms with Crippen LogP contribution in [0.1, 0.15) is 37.0 Å². The van der Waals surface area contributed by atoms with Gasteiger partial charge in [-0.1, -0.05) is 30.2 Å². The summed E-state index contributed by atoms with van der Waals surface area (Å²) in [5.41, 5.74) is 0. The lowest BCUT2D eigenvalue weighted by Gasteiger charge is -2.20. The molecule has 1 aromatic carbocycles. The Morgan fingerprint density at radius 3 is 2.83 bits per heavy atom. The quantitative estimate of drug-likeness (QED) is 0.784. The second-order valence-corrected chi connectivity index (χ2v) is 5.81. The van der Waals surface area contributed by atoms with Crippen LogP contribution in [0.3, 0.4) is 0 Å². The van der Waals surface area contributed by atoms with Crippen molar-refractivity contribution in [2.45, 2.75) is 35.8 Å². The van der Waals surface area contributed by atoms with E-state index in [0.29, 0.717) is 17.6 Å². The number of aromatic nitrogens is 2. The maximum Gasteiger partial charge on any atom is 0.226 e. The number of hydrogen-bond acceptors (Lipinski definition) is 4. The van der Waals surface area contributed by atoms with Crippen molar-refractivity contribution in [3.63, 3.8) is 0 Å². The first-order valence-electron chi connectivity index (χ1n) is 6.02. The Kier molecular flexibility index (Phi) is 3.57. The summed E-state index contributed by atoms with van der Waals surface area (Å²) in [4.78, 5) is 1.04. The van der Waals surface area contributed by atoms with E-state index >= 15 is 0 Å². The molecular weight excluding hydrogens is 268 g/mol. The Bertz CT molecular complexity index is 539. The highest BCUT2D eigenvalue weighted by Gasteiger charge is 2.25. The van der Waals surface area contributed by atoms with Crippen molar-refractivity contribution in [1.82, 2.24) is 10.2 Å². The van der Waals surface area contributed by atoms with Crippen LogP contribution in [-0.4, -0.2) is 10.2 Å². The van der Waals surface area contributed by atoms with E-state index in [1.54, 1.807) is 11.8 Å². The topological polar surface area (TPSA) is 38.9 Å². The van der Waals surface area contributed by atoms with E-state index in [-0.39, 0.29) is 0 Å². The lowest BCUT2D eigenvalue weighted by Crippen LogP contribution is -2.08. The molecule has 1 saturated carbocycles. The van der Waals surface area contributed by atoms with E-state index in [4.69, 9.17) is 16.0 Å². The zero-order valence-electron chi connectivity index (χ0n) is 9.80. The second-order valence-electron chi connectivity index (χ2n) is 4.38. The summed E-state index contributed by atoms with van der Waals surface area (Å²) in [6, 6.07) is 7.78. The summed E-state index contributed by atoms with van der Waals surface area (Å²) < 4.78 is 5.66. The third-order valence-electron chi connectivity index (χ3n) is 3.12. The molecule has 0 saturated heterocycles. The van der Waals surface area contributed by atoms with Gasteiger partial charge in [-0.25, -0.2) is 0 Å². The van der Waals surface area contributed by atoms with Crippen LogP contribution in [0.15, 0.2) is 33.6 Å². The van der Waals surface area contributed by atoms with Crippen molar-refractivity contribution < 1.29 is 4.42 Å². The molecule has 18 heavy (non-hydrogen) atoms. The number of rotatable bonds is 4. The zero-order valence-corrected chi connectivity index (χ0v) is 11.4. The van der Waals surface area contributed by atoms with Gasteiger partial charge in [0.05, 0.1) is 10.8 Å². The zero-order chi connectivity index (χ0) is 12.4. The first kappa shape index (κ1) is 12.1. The van der Waals surface area contributed by atoms with Crippen LogP contribution in [-0.2, 0) is 5.75 Å². The third kappa shape index (κ3) is 2.54. The van der Waals surface area contributed by atoms with Gasteiger partial charge in [-0.05, 0) is 25.0 Å². The van der Waals surface area contributed by atoms with Crippen LogP contribution in [0.4, 0.5) is 0 Å². The molecule has 0 spiro atoms. The predicted molar refractivity (Wildman–Crippen MR) is 71.9 cm³/mol. The smallest absolute Gasteiger partial charge is 0.226 e. The minimum atomic E-state index is 0.497. The van der Waals surface area contributed by atoms with Crippen molar-refractivity contribution in [3.8, 4) is 0 Å². The van der Waals surface area contributed by atoms with Crippen molar-refractivity contribution in [2.24, 2.45) is 0 Å². The summed E-state index contributed by atoms with van der Waals surface area (Å²) in [5, 5.41) is 8.96. The van der Waals surface area contributed by atoms with Crippen molar-refractivity contribution >= 4 is 23.4 Å². The van der Waals surface area contributed by atoms with Crippen molar-refractivity contribution in [2.75, 3.05) is 0 Å². The standard InChI is InChI=1S/C13H13ClN2OS/c14-10-6-1-2-7-11(10)18-8-12-15-16-13(17-12)9-4-3-5-9/h1-2,6-7,9H,3-5,8H2. The monoisotopic (exact) mass is 280 g/mol. The van der Waals surface area contributed by atoms with Crippen molar-refractivity contribution in [1.29, 1.82) is 0 Å². The van der Waals surface area contributed by atoms with Gasteiger partial charge in [0.15, 0.2) is 0 Å². The van der Waals surface area contributed by atoms with Gasteiger partial charge in [0.2, 0.25) is 11.8 Å². The van der Waals surface area contributed by atoms with E-state index in [0.717, 1.165) is 15.8 Å². The summed E-state index contributed by atoms with van der Waals surface area (Å²) in [5.74, 6) is 2.65. The second kappa shape index (κ2) is 5.33. The van der Waals surface area contributed by atoms with Crippen LogP contribution in [0, 0.1) is 0 Å². The number of benzene rings is 1. The summed E-state index contributed by atoms with van der Waals surface area (Å²) in [7, 11) is 0. The molecule has 0 amide bonds. The largest absolute Gasteiger partial charge is 0.424 e. The molecule has 0 atom stereocenters. The van der Waals surface area contributed by atoms with Gasteiger partial charge < -0.3 is 4.42 Å². The van der Waals surface area contributed by atoms with Crippen LogP contribution >= 0.6 is 23.4 Å². The van der Waals surface area contributed by atoms with Gasteiger partial charge in [-0.15, -0.1) is 22.0 Å². The van der Waals surface area contributed by atoms with Gasteiger partial charge in [0.1, 0.15) is 0 Å². The molecule has 94 valence electrons. The lowest BCUT2D eigenvalue weighted by atomic mass is 9.85. The highest BCUT2D eigenvalue weighted by atomic mass is 35.5. The Labute approximate surface area is 115 Å². The van der Waals surface area contributed by atoms with E-state index in [1.165, 1.54) is 19.3 Å². The van der Waals surface area contributed by atoms with Gasteiger partial charge in [0.25, 0.3) is 0 Å². The van der Waals surface area contributed by atoms with E-state index < -0.39 is 0 Å². The van der Waals surface area contributed by atoms with Crippen LogP contribution in [0.2, 0.25) is 5.02 Å². The maximum atomic E-state index is 6.09. The Morgan fingerprint density at radius 2 is 2.11 bits per heavy atom. The average molecular weight is 281 g/mol. The maximum absolute atomic E-state index is 6.09. The Balaban J connectivity index is 1.63. The lowest BCUT2D eigenvalue weighted by molar-refractivity contribution is 0.328. The summed E-state index contributed by atoms with van der Waals surface area (Å²) in [6.07, 6.45) is 3.63. The van der Waals surface area contributed by atoms with E-state index in [9.17, 15) is 0 Å². The number of hydrogen-bond donors (Lipinski definition) is 0. The van der Waals surface area contributed by atoms with Gasteiger partial charge in [-0.3, -0.25) is 0 Å². The molecule has 5 heteroatoms. The predicted octanol–water partition coefficient (Wildman–Crippen LogP) is 4.28. The first-order valence-corrected chi connectivity index (χ1v) is 7.39. The van der Waals surface area contributed by atoms with Gasteiger partial charge in [0, 0.05) is 10.8 Å². The highest BCUT2D eigenvalue weighted by molar-refractivity contribution is 7.98. The first-order chi connectivity index (χ1) is 8.83. The van der Waals surface area contributed by atoms with Crippen molar-refractivity contribution in [3.05, 3.63) is 41.1 Å². The molecule has 3 nitrogen and oxygen atoms in total. The third-order valence-corrected chi connectivity index (χ3v) is 4.62. The molecule has 0 N–H and O–H groups in total. The molecule has 3 rings (SSSR count). The molecular formula is C13H13ClN2OS. The molecule has 0 unspecified atom stereocenters. The van der Waals surface area contributed by atoms with Gasteiger partial charge >= 0.3 is 0 Å². The Morgan fingerprint density at radius 1 is 1.28 bits per heavy atom. The Hall–Kier alpha value is -1.00. The fraction of sp³-hybridized carbons (Fsp3) is 0.385.